The largest absolute Gasteiger partial charge is 0.274 e. The quantitative estimate of drug-likeness (QED) is 0.0212. The predicted octanol–water partition coefficient (Wildman–Crippen LogP) is 18.0. The maximum absolute atomic E-state index is 15.6. The van der Waals surface area contributed by atoms with E-state index < -0.39 is 22.2 Å². The summed E-state index contributed by atoms with van der Waals surface area (Å²) in [4.78, 5) is 62.9. The molecule has 4 aromatic heterocycles. The third-order valence-corrected chi connectivity index (χ3v) is 20.8. The van der Waals surface area contributed by atoms with Crippen LogP contribution >= 0.6 is 45.3 Å². The van der Waals surface area contributed by atoms with Gasteiger partial charge in [-0.15, -0.1) is 45.3 Å². The Morgan fingerprint density at radius 2 is 0.513 bits per heavy atom. The first-order chi connectivity index (χ1) is 37.1. The summed E-state index contributed by atoms with van der Waals surface area (Å²) in [7, 11) is 0. The van der Waals surface area contributed by atoms with Crippen LogP contribution < -0.4 is 22.2 Å². The Labute approximate surface area is 467 Å². The van der Waals surface area contributed by atoms with E-state index in [1.807, 2.05) is 0 Å². The third kappa shape index (κ3) is 14.9. The van der Waals surface area contributed by atoms with Gasteiger partial charge in [0.15, 0.2) is 0 Å². The highest BCUT2D eigenvalue weighted by molar-refractivity contribution is 7.32. The van der Waals surface area contributed by atoms with Crippen molar-refractivity contribution in [3.8, 4) is 24.3 Å². The zero-order chi connectivity index (χ0) is 54.4. The highest BCUT2D eigenvalue weighted by Gasteiger charge is 2.31. The number of unbranched alkanes of at least 4 members (excludes halogenated alkanes) is 24. The molecule has 0 aliphatic rings. The molecule has 14 heteroatoms. The van der Waals surface area contributed by atoms with E-state index in [1.165, 1.54) is 99.0 Å². The maximum Gasteiger partial charge on any atom is 0.262 e. The Kier molecular flexibility index (Phi) is 25.2. The zero-order valence-electron chi connectivity index (χ0n) is 46.1. The minimum atomic E-state index is -0.546. The van der Waals surface area contributed by atoms with Crippen molar-refractivity contribution < 1.29 is 0 Å². The van der Waals surface area contributed by atoms with Crippen LogP contribution in [-0.4, -0.2) is 9.13 Å². The fraction of sp³-hybridized carbons (Fsp3) is 0.645. The number of hydrogen-bond donors (Lipinski definition) is 0. The fourth-order valence-electron chi connectivity index (χ4n) is 11.5. The van der Waals surface area contributed by atoms with Gasteiger partial charge in [-0.3, -0.25) is 28.3 Å². The minimum Gasteiger partial charge on any atom is -0.274 e. The maximum atomic E-state index is 15.6. The van der Waals surface area contributed by atoms with Gasteiger partial charge in [-0.1, -0.05) is 207 Å². The van der Waals surface area contributed by atoms with Crippen LogP contribution in [0.2, 0.25) is 0 Å². The average molecular weight is 1100 g/mol. The van der Waals surface area contributed by atoms with Gasteiger partial charge < -0.3 is 0 Å². The van der Waals surface area contributed by atoms with E-state index >= 15 is 19.2 Å². The summed E-state index contributed by atoms with van der Waals surface area (Å²) in [5.41, 5.74) is -2.19. The van der Waals surface area contributed by atoms with Gasteiger partial charge in [-0.2, -0.15) is 21.0 Å². The Bertz CT molecular complexity index is 2920. The summed E-state index contributed by atoms with van der Waals surface area (Å²) in [5.74, 6) is 0.0475. The molecule has 0 amide bonds. The van der Waals surface area contributed by atoms with Gasteiger partial charge in [0, 0.05) is 23.9 Å². The molecular formula is C62H82N6O4S4. The molecule has 2 aromatic carbocycles. The van der Waals surface area contributed by atoms with Gasteiger partial charge in [0.25, 0.3) is 22.2 Å². The van der Waals surface area contributed by atoms with E-state index in [1.54, 1.807) is 0 Å². The Morgan fingerprint density at radius 1 is 0.316 bits per heavy atom. The van der Waals surface area contributed by atoms with Gasteiger partial charge in [-0.25, -0.2) is 0 Å². The second kappa shape index (κ2) is 31.6. The van der Waals surface area contributed by atoms with Crippen molar-refractivity contribution in [3.05, 3.63) is 60.9 Å². The first kappa shape index (κ1) is 60.5. The van der Waals surface area contributed by atoms with E-state index in [-0.39, 0.29) is 76.8 Å². The van der Waals surface area contributed by atoms with Crippen LogP contribution in [0, 0.1) is 57.2 Å². The summed E-state index contributed by atoms with van der Waals surface area (Å²) >= 11 is 3.93. The summed E-state index contributed by atoms with van der Waals surface area (Å²) in [6, 6.07) is 8.71. The van der Waals surface area contributed by atoms with E-state index in [4.69, 9.17) is 0 Å². The molecule has 0 saturated heterocycles. The molecule has 10 nitrogen and oxygen atoms in total. The summed E-state index contributed by atoms with van der Waals surface area (Å²) in [6.07, 6.45) is 35.5. The second-order valence-corrected chi connectivity index (χ2v) is 25.6. The number of nitriles is 4. The lowest BCUT2D eigenvalue weighted by atomic mass is 9.92. The second-order valence-electron chi connectivity index (χ2n) is 21.6. The van der Waals surface area contributed by atoms with Crippen LogP contribution in [0.3, 0.4) is 0 Å². The first-order valence-electron chi connectivity index (χ1n) is 29.4. The van der Waals surface area contributed by atoms with Crippen molar-refractivity contribution in [1.82, 2.24) is 9.13 Å². The molecule has 2 unspecified atom stereocenters. The number of fused-ring (bicyclic) bond motifs is 6. The molecule has 2 atom stereocenters. The number of hydrogen-bond acceptors (Lipinski definition) is 12. The number of nitrogens with zero attached hydrogens (tertiary/aromatic N) is 6. The van der Waals surface area contributed by atoms with Crippen LogP contribution in [0.25, 0.3) is 51.1 Å². The van der Waals surface area contributed by atoms with Gasteiger partial charge in [0.05, 0.1) is 40.3 Å². The van der Waals surface area contributed by atoms with E-state index in [0.29, 0.717) is 18.8 Å². The van der Waals surface area contributed by atoms with Crippen molar-refractivity contribution in [1.29, 1.82) is 21.0 Å². The van der Waals surface area contributed by atoms with Gasteiger partial charge >= 0.3 is 0 Å². The van der Waals surface area contributed by atoms with Crippen LogP contribution in [-0.2, 0) is 13.1 Å². The first-order valence-corrected chi connectivity index (χ1v) is 32.7. The van der Waals surface area contributed by atoms with Gasteiger partial charge in [-0.05, 0) is 37.5 Å². The monoisotopic (exact) mass is 1100 g/mol. The zero-order valence-corrected chi connectivity index (χ0v) is 49.4. The molecule has 6 aromatic rings. The molecule has 0 N–H and O–H groups in total. The Morgan fingerprint density at radius 3 is 0.711 bits per heavy atom. The molecule has 0 bridgehead atoms. The third-order valence-electron chi connectivity index (χ3n) is 15.8. The standard InChI is InChI=1S/C62H82N6O4S4/c1-5-9-13-17-21-23-27-31-35-43(33-29-25-19-15-11-7-3)41-67-59(69)51-49-50-53(57-55(51)73-45(37-63)47(39-65)75-57)61(71)68(42-44(34-30-26-20-16-12-8-4)36-32-28-24-22-18-14-10-6-2)62(72)54(50)58-56(52(49)60(67)70)74-46(38-64)48(40-66)76-58/h43-44H,5-36,41-42H2,1-4H3. The minimum absolute atomic E-state index is 0.0238. The fourth-order valence-corrected chi connectivity index (χ4v) is 16.0. The highest BCUT2D eigenvalue weighted by atomic mass is 32.1. The predicted molar refractivity (Wildman–Crippen MR) is 323 cm³/mol. The van der Waals surface area contributed by atoms with Crippen molar-refractivity contribution >= 4 is 96.5 Å². The molecule has 0 spiro atoms. The van der Waals surface area contributed by atoms with Crippen molar-refractivity contribution in [2.45, 2.75) is 246 Å². The van der Waals surface area contributed by atoms with Gasteiger partial charge in [0.1, 0.15) is 43.8 Å². The van der Waals surface area contributed by atoms with Crippen molar-refractivity contribution in [2.75, 3.05) is 0 Å². The number of aromatic nitrogens is 2. The normalized spacial score (nSPS) is 12.5. The Balaban J connectivity index is 1.59. The molecule has 0 aliphatic carbocycles. The molecule has 4 heterocycles. The van der Waals surface area contributed by atoms with Crippen LogP contribution in [0.5, 0.6) is 0 Å². The molecule has 76 heavy (non-hydrogen) atoms. The average Bonchev–Trinajstić information content (AvgIpc) is 3.45. The lowest BCUT2D eigenvalue weighted by Gasteiger charge is -2.22. The lowest BCUT2D eigenvalue weighted by Crippen LogP contribution is -2.38. The molecule has 0 fully saturated rings. The van der Waals surface area contributed by atoms with E-state index in [2.05, 4.69) is 52.0 Å². The highest BCUT2D eigenvalue weighted by Crippen LogP contribution is 2.47. The smallest absolute Gasteiger partial charge is 0.262 e. The van der Waals surface area contributed by atoms with Crippen molar-refractivity contribution in [2.24, 2.45) is 11.8 Å². The number of pyridine rings is 2. The van der Waals surface area contributed by atoms with Crippen LogP contribution in [0.1, 0.15) is 253 Å². The number of rotatable bonds is 36. The van der Waals surface area contributed by atoms with Crippen LogP contribution in [0.4, 0.5) is 0 Å². The molecule has 6 rings (SSSR count). The SMILES string of the molecule is CCCCCCCCCCC(CCCCCCCC)Cn1c(=O)c2c3sc(C#N)c(C#N)sc3c3c(=O)n(CC(CCCCCCCC)CCCCCCCCCC)c(=O)c4c5sc(C#N)c(C#N)sc5c(c1=O)c2c34. The lowest BCUT2D eigenvalue weighted by molar-refractivity contribution is 0.350. The number of benzene rings is 2. The molecule has 0 aliphatic heterocycles. The molecule has 408 valence electrons. The molecule has 0 saturated carbocycles. The Hall–Kier alpha value is -4.70. The molecular weight excluding hydrogens is 1020 g/mol. The summed E-state index contributed by atoms with van der Waals surface area (Å²) < 4.78 is 4.04. The summed E-state index contributed by atoms with van der Waals surface area (Å²) in [6.45, 7) is 9.21. The summed E-state index contributed by atoms with van der Waals surface area (Å²) in [5, 5.41) is 42.9. The topological polar surface area (TPSA) is 173 Å². The van der Waals surface area contributed by atoms with E-state index in [0.717, 1.165) is 161 Å². The van der Waals surface area contributed by atoms with E-state index in [9.17, 15) is 21.0 Å². The molecule has 0 radical (unpaired) electrons. The van der Waals surface area contributed by atoms with Crippen molar-refractivity contribution in [3.63, 3.8) is 0 Å². The van der Waals surface area contributed by atoms with Crippen LogP contribution in [0.15, 0.2) is 19.2 Å². The van der Waals surface area contributed by atoms with Gasteiger partial charge in [0.2, 0.25) is 0 Å².